The van der Waals surface area contributed by atoms with Gasteiger partial charge in [0.1, 0.15) is 24.1 Å². The van der Waals surface area contributed by atoms with Crippen LogP contribution in [0.2, 0.25) is 0 Å². The van der Waals surface area contributed by atoms with Crippen molar-refractivity contribution in [3.8, 4) is 0 Å². The highest BCUT2D eigenvalue weighted by molar-refractivity contribution is 6.04. The molecule has 1 unspecified atom stereocenters. The first-order valence-corrected chi connectivity index (χ1v) is 7.61. The van der Waals surface area contributed by atoms with E-state index in [0.29, 0.717) is 12.7 Å². The molecule has 3 N–H and O–H groups in total. The quantitative estimate of drug-likeness (QED) is 0.765. The lowest BCUT2D eigenvalue weighted by Gasteiger charge is -2.35. The van der Waals surface area contributed by atoms with Crippen LogP contribution >= 0.6 is 0 Å². The van der Waals surface area contributed by atoms with Crippen LogP contribution in [0.25, 0.3) is 0 Å². The van der Waals surface area contributed by atoms with Gasteiger partial charge in [-0.05, 0) is 12.5 Å². The summed E-state index contributed by atoms with van der Waals surface area (Å²) in [5, 5.41) is 12.5. The standard InChI is InChI=1S/C15H20N6O/c1-20(15-12-2-4-16-14(12)17-9-18-15)11-3-5-21-7-10(8-22)19-13(21)6-11/h2,4,7,11,16-17,22H,3,5-6,8-9H2,1H3. The fourth-order valence-corrected chi connectivity index (χ4v) is 3.33. The van der Waals surface area contributed by atoms with Gasteiger partial charge in [-0.1, -0.05) is 0 Å². The minimum absolute atomic E-state index is 0.00555. The number of likely N-dealkylation sites (N-methyl/N-ethyl adjacent to an activating group) is 1. The monoisotopic (exact) mass is 300 g/mol. The molecule has 0 aliphatic carbocycles. The number of anilines is 1. The summed E-state index contributed by atoms with van der Waals surface area (Å²) in [4.78, 5) is 14.6. The molecule has 4 heterocycles. The number of fused-ring (bicyclic) bond motifs is 2. The summed E-state index contributed by atoms with van der Waals surface area (Å²) in [6.07, 6.45) is 5.82. The number of aliphatic hydroxyl groups excluding tert-OH is 1. The topological polar surface area (TPSA) is 81.5 Å². The summed E-state index contributed by atoms with van der Waals surface area (Å²) in [6.45, 7) is 1.54. The molecule has 2 aromatic heterocycles. The molecule has 0 amide bonds. The van der Waals surface area contributed by atoms with Gasteiger partial charge in [0.25, 0.3) is 0 Å². The molecule has 0 saturated heterocycles. The minimum Gasteiger partial charge on any atom is -0.390 e. The fourth-order valence-electron chi connectivity index (χ4n) is 3.33. The van der Waals surface area contributed by atoms with E-state index in [1.807, 2.05) is 12.4 Å². The first kappa shape index (κ1) is 13.4. The number of aliphatic hydroxyl groups is 1. The summed E-state index contributed by atoms with van der Waals surface area (Å²) < 4.78 is 2.15. The highest BCUT2D eigenvalue weighted by Gasteiger charge is 2.28. The van der Waals surface area contributed by atoms with E-state index in [1.54, 1.807) is 0 Å². The Morgan fingerprint density at radius 3 is 3.27 bits per heavy atom. The molecule has 0 radical (unpaired) electrons. The molecule has 0 bridgehead atoms. The molecule has 0 fully saturated rings. The molecule has 0 aromatic carbocycles. The van der Waals surface area contributed by atoms with Crippen molar-refractivity contribution in [2.45, 2.75) is 32.0 Å². The number of aromatic amines is 1. The van der Waals surface area contributed by atoms with Crippen molar-refractivity contribution in [2.24, 2.45) is 4.99 Å². The predicted octanol–water partition coefficient (Wildman–Crippen LogP) is 0.780. The zero-order valence-electron chi connectivity index (χ0n) is 12.6. The van der Waals surface area contributed by atoms with Crippen LogP contribution in [0.15, 0.2) is 23.5 Å². The van der Waals surface area contributed by atoms with Crippen molar-refractivity contribution in [1.82, 2.24) is 19.4 Å². The van der Waals surface area contributed by atoms with Gasteiger partial charge in [0.15, 0.2) is 0 Å². The van der Waals surface area contributed by atoms with Gasteiger partial charge in [0.05, 0.1) is 17.9 Å². The number of aliphatic imine (C=N–C) groups is 1. The third-order valence-electron chi connectivity index (χ3n) is 4.55. The SMILES string of the molecule is CN(C1=NCNc2[nH]ccc21)C1CCn2cc(CO)nc2C1. The molecule has 2 aliphatic rings. The van der Waals surface area contributed by atoms with E-state index < -0.39 is 0 Å². The molecule has 1 atom stereocenters. The third-order valence-corrected chi connectivity index (χ3v) is 4.55. The van der Waals surface area contributed by atoms with E-state index in [9.17, 15) is 5.11 Å². The van der Waals surface area contributed by atoms with Crippen molar-refractivity contribution < 1.29 is 5.11 Å². The van der Waals surface area contributed by atoms with Gasteiger partial charge < -0.3 is 24.9 Å². The highest BCUT2D eigenvalue weighted by Crippen LogP contribution is 2.24. The fraction of sp³-hybridized carbons (Fsp3) is 0.467. The zero-order valence-corrected chi connectivity index (χ0v) is 12.6. The van der Waals surface area contributed by atoms with E-state index in [2.05, 4.69) is 42.9 Å². The second-order valence-electron chi connectivity index (χ2n) is 5.84. The molecular weight excluding hydrogens is 280 g/mol. The molecule has 4 rings (SSSR count). The van der Waals surface area contributed by atoms with Crippen LogP contribution in [-0.4, -0.2) is 50.1 Å². The number of rotatable bonds is 2. The summed E-state index contributed by atoms with van der Waals surface area (Å²) in [5.41, 5.74) is 1.88. The van der Waals surface area contributed by atoms with Gasteiger partial charge in [0, 0.05) is 38.4 Å². The smallest absolute Gasteiger partial charge is 0.136 e. The summed E-state index contributed by atoms with van der Waals surface area (Å²) in [7, 11) is 2.11. The molecule has 116 valence electrons. The van der Waals surface area contributed by atoms with Crippen molar-refractivity contribution in [1.29, 1.82) is 0 Å². The molecule has 22 heavy (non-hydrogen) atoms. The Bertz CT molecular complexity index is 715. The molecular formula is C15H20N6O. The molecule has 2 aromatic rings. The average molecular weight is 300 g/mol. The number of nitrogens with zero attached hydrogens (tertiary/aromatic N) is 4. The molecule has 2 aliphatic heterocycles. The van der Waals surface area contributed by atoms with Crippen molar-refractivity contribution in [3.05, 3.63) is 35.5 Å². The van der Waals surface area contributed by atoms with Crippen molar-refractivity contribution >= 4 is 11.7 Å². The minimum atomic E-state index is 0.00555. The highest BCUT2D eigenvalue weighted by atomic mass is 16.3. The molecule has 7 nitrogen and oxygen atoms in total. The number of nitrogens with one attached hydrogen (secondary N) is 2. The first-order chi connectivity index (χ1) is 10.8. The van der Waals surface area contributed by atoms with Gasteiger partial charge in [0.2, 0.25) is 0 Å². The Balaban J connectivity index is 1.57. The van der Waals surface area contributed by atoms with Crippen LogP contribution < -0.4 is 5.32 Å². The van der Waals surface area contributed by atoms with Gasteiger partial charge in [-0.3, -0.25) is 0 Å². The lowest BCUT2D eigenvalue weighted by atomic mass is 10.0. The first-order valence-electron chi connectivity index (χ1n) is 7.61. The second-order valence-corrected chi connectivity index (χ2v) is 5.84. The normalized spacial score (nSPS) is 19.9. The van der Waals surface area contributed by atoms with E-state index in [-0.39, 0.29) is 6.61 Å². The summed E-state index contributed by atoms with van der Waals surface area (Å²) in [5.74, 6) is 3.12. The van der Waals surface area contributed by atoms with Gasteiger partial charge in [-0.2, -0.15) is 0 Å². The number of aromatic nitrogens is 3. The maximum atomic E-state index is 9.24. The molecule has 7 heteroatoms. The predicted molar refractivity (Wildman–Crippen MR) is 83.8 cm³/mol. The van der Waals surface area contributed by atoms with Crippen LogP contribution in [0, 0.1) is 0 Å². The zero-order chi connectivity index (χ0) is 15.1. The van der Waals surface area contributed by atoms with Crippen LogP contribution in [0.5, 0.6) is 0 Å². The van der Waals surface area contributed by atoms with Crippen LogP contribution in [0.3, 0.4) is 0 Å². The third kappa shape index (κ3) is 2.09. The Labute approximate surface area is 128 Å². The molecule has 0 spiro atoms. The maximum absolute atomic E-state index is 9.24. The number of imidazole rings is 1. The van der Waals surface area contributed by atoms with E-state index in [4.69, 9.17) is 0 Å². The summed E-state index contributed by atoms with van der Waals surface area (Å²) >= 11 is 0. The van der Waals surface area contributed by atoms with E-state index in [1.165, 1.54) is 0 Å². The van der Waals surface area contributed by atoms with Crippen LogP contribution in [-0.2, 0) is 19.6 Å². The van der Waals surface area contributed by atoms with Crippen molar-refractivity contribution in [2.75, 3.05) is 19.0 Å². The molecule has 0 saturated carbocycles. The lowest BCUT2D eigenvalue weighted by Crippen LogP contribution is -2.43. The summed E-state index contributed by atoms with van der Waals surface area (Å²) in [6, 6.07) is 2.44. The van der Waals surface area contributed by atoms with E-state index >= 15 is 0 Å². The van der Waals surface area contributed by atoms with Gasteiger partial charge in [-0.25, -0.2) is 9.98 Å². The Hall–Kier alpha value is -2.28. The van der Waals surface area contributed by atoms with Gasteiger partial charge >= 0.3 is 0 Å². The lowest BCUT2D eigenvalue weighted by molar-refractivity contribution is 0.277. The number of hydrogen-bond acceptors (Lipinski definition) is 5. The number of aryl methyl sites for hydroxylation is 1. The Morgan fingerprint density at radius 2 is 2.41 bits per heavy atom. The maximum Gasteiger partial charge on any atom is 0.136 e. The Kier molecular flexibility index (Phi) is 3.15. The second kappa shape index (κ2) is 5.17. The number of hydrogen-bond donors (Lipinski definition) is 3. The van der Waals surface area contributed by atoms with Gasteiger partial charge in [-0.15, -0.1) is 0 Å². The largest absolute Gasteiger partial charge is 0.390 e. The van der Waals surface area contributed by atoms with Crippen LogP contribution in [0.4, 0.5) is 5.82 Å². The van der Waals surface area contributed by atoms with Crippen LogP contribution in [0.1, 0.15) is 23.5 Å². The average Bonchev–Trinajstić information content (AvgIpc) is 3.18. The Morgan fingerprint density at radius 1 is 1.50 bits per heavy atom. The van der Waals surface area contributed by atoms with E-state index in [0.717, 1.165) is 48.1 Å². The van der Waals surface area contributed by atoms with Crippen molar-refractivity contribution in [3.63, 3.8) is 0 Å². The number of amidine groups is 1. The number of H-pyrrole nitrogens is 1.